The van der Waals surface area contributed by atoms with E-state index in [4.69, 9.17) is 4.42 Å². The lowest BCUT2D eigenvalue weighted by Gasteiger charge is -2.28. The molecule has 0 saturated heterocycles. The number of pyridine rings is 1. The summed E-state index contributed by atoms with van der Waals surface area (Å²) in [6.07, 6.45) is 4.51. The van der Waals surface area contributed by atoms with E-state index in [2.05, 4.69) is 26.9 Å². The zero-order chi connectivity index (χ0) is 19.7. The summed E-state index contributed by atoms with van der Waals surface area (Å²) < 4.78 is 7.49. The van der Waals surface area contributed by atoms with Gasteiger partial charge in [-0.2, -0.15) is 4.52 Å². The van der Waals surface area contributed by atoms with Gasteiger partial charge in [-0.05, 0) is 56.6 Å². The lowest BCUT2D eigenvalue weighted by molar-refractivity contribution is 0.212. The number of fused-ring (bicyclic) bond motifs is 1. The highest BCUT2D eigenvalue weighted by Crippen LogP contribution is 2.40. The first-order valence-electron chi connectivity index (χ1n) is 9.31. The van der Waals surface area contributed by atoms with E-state index in [1.807, 2.05) is 50.5 Å². The lowest BCUT2D eigenvalue weighted by Crippen LogP contribution is -2.31. The molecule has 0 aromatic carbocycles. The molecule has 7 nitrogen and oxygen atoms in total. The summed E-state index contributed by atoms with van der Waals surface area (Å²) in [5, 5.41) is 15.2. The van der Waals surface area contributed by atoms with Crippen molar-refractivity contribution in [1.82, 2.24) is 24.5 Å². The van der Waals surface area contributed by atoms with Crippen LogP contribution in [-0.4, -0.2) is 42.7 Å². The minimum atomic E-state index is -0.200. The quantitative estimate of drug-likeness (QED) is 0.512. The molecule has 1 unspecified atom stereocenters. The monoisotopic (exact) mass is 397 g/mol. The number of thiazole rings is 1. The maximum absolute atomic E-state index is 10.9. The number of likely N-dealkylation sites (N-methyl/N-ethyl adjacent to an activating group) is 1. The molecule has 0 fully saturated rings. The van der Waals surface area contributed by atoms with Crippen LogP contribution >= 0.6 is 11.3 Å². The van der Waals surface area contributed by atoms with Gasteiger partial charge in [0.15, 0.2) is 0 Å². The third-order valence-electron chi connectivity index (χ3n) is 4.79. The number of aryl methyl sites for hydroxylation is 2. The van der Waals surface area contributed by atoms with Gasteiger partial charge in [0, 0.05) is 18.9 Å². The molecule has 0 aliphatic rings. The van der Waals surface area contributed by atoms with Gasteiger partial charge in [0.1, 0.15) is 23.4 Å². The predicted molar refractivity (Wildman–Crippen MR) is 108 cm³/mol. The van der Waals surface area contributed by atoms with Crippen molar-refractivity contribution in [3.05, 3.63) is 64.4 Å². The highest BCUT2D eigenvalue weighted by molar-refractivity contribution is 7.17. The first-order chi connectivity index (χ1) is 13.6. The summed E-state index contributed by atoms with van der Waals surface area (Å²) in [6.45, 7) is 7.49. The van der Waals surface area contributed by atoms with Crippen molar-refractivity contribution in [2.45, 2.75) is 33.2 Å². The van der Waals surface area contributed by atoms with E-state index in [0.29, 0.717) is 10.8 Å². The van der Waals surface area contributed by atoms with Crippen LogP contribution in [0.3, 0.4) is 0 Å². The van der Waals surface area contributed by atoms with E-state index in [1.54, 1.807) is 0 Å². The average Bonchev–Trinajstić information content (AvgIpc) is 3.36. The molecule has 4 heterocycles. The Morgan fingerprint density at radius 2 is 2.00 bits per heavy atom. The molecule has 8 heteroatoms. The molecule has 1 atom stereocenters. The Bertz CT molecular complexity index is 1070. The summed E-state index contributed by atoms with van der Waals surface area (Å²) >= 11 is 1.45. The van der Waals surface area contributed by atoms with Gasteiger partial charge in [-0.3, -0.25) is 9.88 Å². The van der Waals surface area contributed by atoms with Crippen molar-refractivity contribution in [2.75, 3.05) is 13.1 Å². The molecule has 0 amide bonds. The molecule has 1 N–H and O–H groups in total. The Morgan fingerprint density at radius 3 is 2.64 bits per heavy atom. The van der Waals surface area contributed by atoms with Crippen molar-refractivity contribution in [3.8, 4) is 5.88 Å². The van der Waals surface area contributed by atoms with Crippen molar-refractivity contribution >= 4 is 16.3 Å². The van der Waals surface area contributed by atoms with Crippen LogP contribution in [0.25, 0.3) is 4.96 Å². The van der Waals surface area contributed by atoms with E-state index < -0.39 is 0 Å². The molecule has 4 aromatic rings. The third kappa shape index (κ3) is 3.53. The smallest absolute Gasteiger partial charge is 0.230 e. The molecule has 0 aliphatic heterocycles. The summed E-state index contributed by atoms with van der Waals surface area (Å²) in [7, 11) is 0. The van der Waals surface area contributed by atoms with Crippen LogP contribution in [0.4, 0.5) is 0 Å². The predicted octanol–water partition coefficient (Wildman–Crippen LogP) is 3.76. The van der Waals surface area contributed by atoms with Gasteiger partial charge in [-0.25, -0.2) is 4.98 Å². The van der Waals surface area contributed by atoms with Crippen LogP contribution in [0.2, 0.25) is 0 Å². The van der Waals surface area contributed by atoms with Crippen LogP contribution in [0.5, 0.6) is 5.88 Å². The van der Waals surface area contributed by atoms with Crippen molar-refractivity contribution in [3.63, 3.8) is 0 Å². The molecule has 0 bridgehead atoms. The number of rotatable bonds is 7. The number of hydrogen-bond donors (Lipinski definition) is 1. The third-order valence-corrected chi connectivity index (χ3v) is 5.87. The fraction of sp³-hybridized carbons (Fsp3) is 0.350. The first kappa shape index (κ1) is 18.6. The van der Waals surface area contributed by atoms with Crippen LogP contribution in [-0.2, 0) is 6.42 Å². The number of aromatic hydroxyl groups is 1. The Balaban J connectivity index is 1.71. The summed E-state index contributed by atoms with van der Waals surface area (Å²) in [5.41, 5.74) is 1.23. The normalized spacial score (nSPS) is 12.9. The van der Waals surface area contributed by atoms with Crippen LogP contribution in [0, 0.1) is 13.8 Å². The topological polar surface area (TPSA) is 79.7 Å². The molecule has 146 valence electrons. The Labute approximate surface area is 167 Å². The minimum Gasteiger partial charge on any atom is -0.492 e. The molecule has 4 aromatic heterocycles. The Morgan fingerprint density at radius 1 is 1.21 bits per heavy atom. The molecule has 0 saturated carbocycles. The van der Waals surface area contributed by atoms with Gasteiger partial charge in [0.25, 0.3) is 0 Å². The second-order valence-electron chi connectivity index (χ2n) is 6.73. The average molecular weight is 398 g/mol. The van der Waals surface area contributed by atoms with Crippen LogP contribution in [0.1, 0.15) is 40.8 Å². The summed E-state index contributed by atoms with van der Waals surface area (Å²) in [6, 6.07) is 7.80. The molecule has 0 radical (unpaired) electrons. The van der Waals surface area contributed by atoms with Gasteiger partial charge in [0.05, 0.1) is 4.88 Å². The number of furan rings is 1. The Hall–Kier alpha value is -2.71. The van der Waals surface area contributed by atoms with E-state index in [1.165, 1.54) is 21.4 Å². The fourth-order valence-corrected chi connectivity index (χ4v) is 4.54. The Kier molecular flexibility index (Phi) is 5.15. The minimum absolute atomic E-state index is 0.127. The van der Waals surface area contributed by atoms with Crippen LogP contribution in [0.15, 0.2) is 41.1 Å². The van der Waals surface area contributed by atoms with Crippen molar-refractivity contribution < 1.29 is 9.52 Å². The SMILES string of the molecule is CCN(CCc1ccncc1)C(c1ccc(C)o1)c1sc2nc(C)nn2c1O. The molecule has 28 heavy (non-hydrogen) atoms. The van der Waals surface area contributed by atoms with E-state index in [9.17, 15) is 5.11 Å². The lowest BCUT2D eigenvalue weighted by atomic mass is 10.1. The molecular formula is C20H23N5O2S. The highest BCUT2D eigenvalue weighted by Gasteiger charge is 2.31. The molecule has 4 rings (SSSR count). The zero-order valence-electron chi connectivity index (χ0n) is 16.2. The van der Waals surface area contributed by atoms with E-state index in [-0.39, 0.29) is 11.9 Å². The van der Waals surface area contributed by atoms with Gasteiger partial charge in [0.2, 0.25) is 10.8 Å². The number of aromatic nitrogens is 4. The fourth-order valence-electron chi connectivity index (χ4n) is 3.39. The summed E-state index contributed by atoms with van der Waals surface area (Å²) in [4.78, 5) is 12.3. The highest BCUT2D eigenvalue weighted by atomic mass is 32.1. The first-order valence-corrected chi connectivity index (χ1v) is 10.1. The zero-order valence-corrected chi connectivity index (χ0v) is 17.0. The van der Waals surface area contributed by atoms with Crippen molar-refractivity contribution in [1.29, 1.82) is 0 Å². The molecule has 0 aliphatic carbocycles. The number of hydrogen-bond acceptors (Lipinski definition) is 7. The van der Waals surface area contributed by atoms with Gasteiger partial charge < -0.3 is 9.52 Å². The van der Waals surface area contributed by atoms with Gasteiger partial charge in [-0.15, -0.1) is 5.10 Å². The molecular weight excluding hydrogens is 374 g/mol. The van der Waals surface area contributed by atoms with Crippen molar-refractivity contribution in [2.24, 2.45) is 0 Å². The van der Waals surface area contributed by atoms with E-state index in [0.717, 1.165) is 35.9 Å². The van der Waals surface area contributed by atoms with Gasteiger partial charge in [-0.1, -0.05) is 18.3 Å². The van der Waals surface area contributed by atoms with Crippen LogP contribution < -0.4 is 0 Å². The maximum atomic E-state index is 10.9. The number of nitrogens with zero attached hydrogens (tertiary/aromatic N) is 5. The second kappa shape index (κ2) is 7.73. The summed E-state index contributed by atoms with van der Waals surface area (Å²) in [5.74, 6) is 2.43. The van der Waals surface area contributed by atoms with Gasteiger partial charge >= 0.3 is 0 Å². The second-order valence-corrected chi connectivity index (χ2v) is 7.74. The largest absolute Gasteiger partial charge is 0.492 e. The maximum Gasteiger partial charge on any atom is 0.230 e. The van der Waals surface area contributed by atoms with E-state index >= 15 is 0 Å². The molecule has 0 spiro atoms. The standard InChI is InChI=1S/C20H23N5O2S/c1-4-24(12-9-15-7-10-21-11-8-15)17(16-6-5-13(2)27-16)18-19(26)25-20(28-18)22-14(3)23-25/h5-8,10-11,17,26H,4,9,12H2,1-3H3.